The van der Waals surface area contributed by atoms with Gasteiger partial charge in [0.25, 0.3) is 0 Å². The quantitative estimate of drug-likeness (QED) is 0.462. The number of nitrogens with zero attached hydrogens (tertiary/aromatic N) is 1. The predicted octanol–water partition coefficient (Wildman–Crippen LogP) is 3.48. The lowest BCUT2D eigenvalue weighted by molar-refractivity contribution is -0.134. The lowest BCUT2D eigenvalue weighted by atomic mass is 10.0. The number of aryl methyl sites for hydroxylation is 1. The molecule has 0 aliphatic carbocycles. The second kappa shape index (κ2) is 9.63. The molecule has 0 saturated heterocycles. The third-order valence-electron chi connectivity index (χ3n) is 3.66. The van der Waals surface area contributed by atoms with Crippen molar-refractivity contribution in [2.75, 3.05) is 0 Å². The Balaban J connectivity index is 0.000000300. The second-order valence-corrected chi connectivity index (χ2v) is 5.68. The lowest BCUT2D eigenvalue weighted by Crippen LogP contribution is -1.94. The molecule has 3 rings (SSSR count). The van der Waals surface area contributed by atoms with Gasteiger partial charge in [0.15, 0.2) is 5.78 Å². The fraction of sp³-hybridized carbons (Fsp3) is 0.0476. The van der Waals surface area contributed by atoms with E-state index < -0.39 is 11.9 Å². The number of aliphatic carboxylic acids is 2. The zero-order valence-electron chi connectivity index (χ0n) is 15.0. The molecule has 142 valence electrons. The van der Waals surface area contributed by atoms with E-state index in [1.807, 2.05) is 49.4 Å². The molecular weight excluding hydrogens is 360 g/mol. The van der Waals surface area contributed by atoms with E-state index in [0.29, 0.717) is 17.7 Å². The Hall–Kier alpha value is -4.00. The van der Waals surface area contributed by atoms with E-state index in [-0.39, 0.29) is 5.78 Å². The Kier molecular flexibility index (Phi) is 6.99. The number of aromatic nitrogens is 2. The zero-order chi connectivity index (χ0) is 20.5. The van der Waals surface area contributed by atoms with Crippen LogP contribution in [0.4, 0.5) is 0 Å². The van der Waals surface area contributed by atoms with Crippen molar-refractivity contribution in [3.8, 4) is 0 Å². The van der Waals surface area contributed by atoms with Crippen LogP contribution in [0.1, 0.15) is 21.7 Å². The van der Waals surface area contributed by atoms with Gasteiger partial charge in [-0.2, -0.15) is 0 Å². The normalized spacial score (nSPS) is 10.8. The molecule has 0 radical (unpaired) electrons. The summed E-state index contributed by atoms with van der Waals surface area (Å²) >= 11 is 0. The van der Waals surface area contributed by atoms with Gasteiger partial charge < -0.3 is 15.2 Å². The molecule has 3 N–H and O–H groups in total. The summed E-state index contributed by atoms with van der Waals surface area (Å²) in [6, 6.07) is 13.7. The highest BCUT2D eigenvalue weighted by atomic mass is 16.4. The van der Waals surface area contributed by atoms with Crippen molar-refractivity contribution in [2.45, 2.75) is 6.92 Å². The van der Waals surface area contributed by atoms with Gasteiger partial charge in [-0.05, 0) is 35.9 Å². The van der Waals surface area contributed by atoms with E-state index in [9.17, 15) is 14.4 Å². The Morgan fingerprint density at radius 3 is 2.14 bits per heavy atom. The van der Waals surface area contributed by atoms with Crippen molar-refractivity contribution in [3.63, 3.8) is 0 Å². The molecule has 1 aromatic heterocycles. The number of carbonyl (C=O) groups is 3. The van der Waals surface area contributed by atoms with Gasteiger partial charge in [-0.1, -0.05) is 36.4 Å². The molecule has 0 atom stereocenters. The van der Waals surface area contributed by atoms with E-state index in [2.05, 4.69) is 9.97 Å². The third-order valence-corrected chi connectivity index (χ3v) is 3.66. The van der Waals surface area contributed by atoms with E-state index in [4.69, 9.17) is 10.2 Å². The number of carboxylic acids is 2. The van der Waals surface area contributed by atoms with Crippen LogP contribution in [0.25, 0.3) is 16.8 Å². The number of aromatic amines is 1. The van der Waals surface area contributed by atoms with Crippen LogP contribution in [0.15, 0.2) is 67.0 Å². The number of allylic oxidation sites excluding steroid dienone is 1. The maximum atomic E-state index is 12.2. The van der Waals surface area contributed by atoms with Crippen LogP contribution >= 0.6 is 0 Å². The minimum absolute atomic E-state index is 0.0156. The molecule has 7 nitrogen and oxygen atoms in total. The standard InChI is InChI=1S/C17H14N2O.C4H4O4/c1-12-16(19-11-18-12)8-9-17(20)15-7-6-13-4-2-3-5-14(13)10-15;5-3(6)1-2-4(7)8/h2-11H,1H3,(H,18,19);1-2H,(H,5,6)(H,7,8). The van der Waals surface area contributed by atoms with Gasteiger partial charge in [-0.15, -0.1) is 0 Å². The Labute approximate surface area is 160 Å². The number of imidazole rings is 1. The predicted molar refractivity (Wildman–Crippen MR) is 105 cm³/mol. The molecule has 0 bridgehead atoms. The van der Waals surface area contributed by atoms with Crippen molar-refractivity contribution in [2.24, 2.45) is 0 Å². The topological polar surface area (TPSA) is 120 Å². The molecular formula is C21H18N2O5. The Morgan fingerprint density at radius 2 is 1.57 bits per heavy atom. The minimum Gasteiger partial charge on any atom is -0.478 e. The van der Waals surface area contributed by atoms with Crippen molar-refractivity contribution in [1.29, 1.82) is 0 Å². The number of rotatable bonds is 5. The van der Waals surface area contributed by atoms with Crippen molar-refractivity contribution < 1.29 is 24.6 Å². The second-order valence-electron chi connectivity index (χ2n) is 5.68. The summed E-state index contributed by atoms with van der Waals surface area (Å²) in [5.41, 5.74) is 2.43. The zero-order valence-corrected chi connectivity index (χ0v) is 15.0. The maximum Gasteiger partial charge on any atom is 0.328 e. The number of carboxylic acid groups (broad SMARTS) is 2. The number of benzene rings is 2. The summed E-state index contributed by atoms with van der Waals surface area (Å²) in [7, 11) is 0. The summed E-state index contributed by atoms with van der Waals surface area (Å²) < 4.78 is 0. The number of H-pyrrole nitrogens is 1. The average molecular weight is 378 g/mol. The van der Waals surface area contributed by atoms with Crippen LogP contribution < -0.4 is 0 Å². The summed E-state index contributed by atoms with van der Waals surface area (Å²) in [6.45, 7) is 1.92. The molecule has 0 unspecified atom stereocenters. The highest BCUT2D eigenvalue weighted by molar-refractivity contribution is 6.08. The van der Waals surface area contributed by atoms with Gasteiger partial charge >= 0.3 is 11.9 Å². The van der Waals surface area contributed by atoms with Crippen LogP contribution in [-0.2, 0) is 9.59 Å². The van der Waals surface area contributed by atoms with Crippen molar-refractivity contribution >= 4 is 34.6 Å². The van der Waals surface area contributed by atoms with Crippen LogP contribution in [0, 0.1) is 6.92 Å². The van der Waals surface area contributed by atoms with Gasteiger partial charge in [0.05, 0.1) is 12.0 Å². The monoisotopic (exact) mass is 378 g/mol. The van der Waals surface area contributed by atoms with Gasteiger partial charge in [0.2, 0.25) is 0 Å². The fourth-order valence-electron chi connectivity index (χ4n) is 2.27. The van der Waals surface area contributed by atoms with Crippen LogP contribution in [0.2, 0.25) is 0 Å². The average Bonchev–Trinajstić information content (AvgIpc) is 3.09. The number of ketones is 1. The number of hydrogen-bond acceptors (Lipinski definition) is 4. The molecule has 1 heterocycles. The summed E-state index contributed by atoms with van der Waals surface area (Å²) in [4.78, 5) is 38.4. The molecule has 3 aromatic rings. The molecule has 0 spiro atoms. The molecule has 28 heavy (non-hydrogen) atoms. The first-order valence-electron chi connectivity index (χ1n) is 8.22. The molecule has 0 fully saturated rings. The number of hydrogen-bond donors (Lipinski definition) is 3. The SMILES string of the molecule is Cc1[nH]cnc1C=CC(=O)c1ccc2ccccc2c1.O=C(O)C=CC(=O)O. The smallest absolute Gasteiger partial charge is 0.328 e. The fourth-order valence-corrected chi connectivity index (χ4v) is 2.27. The van der Waals surface area contributed by atoms with Gasteiger partial charge in [-0.25, -0.2) is 14.6 Å². The lowest BCUT2D eigenvalue weighted by Gasteiger charge is -2.00. The molecule has 2 aromatic carbocycles. The Bertz CT molecular complexity index is 1050. The first kappa shape index (κ1) is 20.3. The van der Waals surface area contributed by atoms with E-state index in [0.717, 1.165) is 22.2 Å². The molecule has 0 aliphatic heterocycles. The molecule has 0 aliphatic rings. The van der Waals surface area contributed by atoms with Crippen LogP contribution in [-0.4, -0.2) is 37.9 Å². The van der Waals surface area contributed by atoms with E-state index >= 15 is 0 Å². The highest BCUT2D eigenvalue weighted by Gasteiger charge is 2.04. The van der Waals surface area contributed by atoms with Gasteiger partial charge in [0.1, 0.15) is 0 Å². The number of carbonyl (C=O) groups excluding carboxylic acids is 1. The van der Waals surface area contributed by atoms with Gasteiger partial charge in [0, 0.05) is 23.4 Å². The minimum atomic E-state index is -1.26. The van der Waals surface area contributed by atoms with E-state index in [1.54, 1.807) is 18.5 Å². The first-order valence-corrected chi connectivity index (χ1v) is 8.22. The highest BCUT2D eigenvalue weighted by Crippen LogP contribution is 2.16. The maximum absolute atomic E-state index is 12.2. The molecule has 7 heteroatoms. The summed E-state index contributed by atoms with van der Waals surface area (Å²) in [5, 5.41) is 17.8. The Morgan fingerprint density at radius 1 is 0.929 bits per heavy atom. The third kappa shape index (κ3) is 6.06. The van der Waals surface area contributed by atoms with Crippen molar-refractivity contribution in [3.05, 3.63) is 84.0 Å². The molecule has 0 saturated carbocycles. The van der Waals surface area contributed by atoms with Crippen molar-refractivity contribution in [1.82, 2.24) is 9.97 Å². The van der Waals surface area contributed by atoms with Gasteiger partial charge in [-0.3, -0.25) is 4.79 Å². The van der Waals surface area contributed by atoms with Crippen LogP contribution in [0.3, 0.4) is 0 Å². The largest absolute Gasteiger partial charge is 0.478 e. The summed E-state index contributed by atoms with van der Waals surface area (Å²) in [6.07, 6.45) is 6.04. The molecule has 0 amide bonds. The summed E-state index contributed by atoms with van der Waals surface area (Å²) in [5.74, 6) is -2.53. The number of fused-ring (bicyclic) bond motifs is 1. The van der Waals surface area contributed by atoms with Crippen LogP contribution in [0.5, 0.6) is 0 Å². The number of nitrogens with one attached hydrogen (secondary N) is 1. The van der Waals surface area contributed by atoms with E-state index in [1.165, 1.54) is 0 Å². The first-order chi connectivity index (χ1) is 13.4.